The summed E-state index contributed by atoms with van der Waals surface area (Å²) in [5.41, 5.74) is 1.79. The maximum absolute atomic E-state index is 15.3. The van der Waals surface area contributed by atoms with Crippen LogP contribution in [0.2, 0.25) is 0 Å². The third-order valence-corrected chi connectivity index (χ3v) is 9.26. The van der Waals surface area contributed by atoms with E-state index in [-0.39, 0.29) is 17.0 Å². The smallest absolute Gasteiger partial charge is 0.383 e. The number of fused-ring (bicyclic) bond motifs is 2. The Morgan fingerprint density at radius 1 is 1.18 bits per heavy atom. The quantitative estimate of drug-likeness (QED) is 0.238. The number of imidazole rings is 1. The number of aromatic nitrogens is 4. The van der Waals surface area contributed by atoms with Crippen LogP contribution >= 0.6 is 23.5 Å². The van der Waals surface area contributed by atoms with Crippen LogP contribution in [0.25, 0.3) is 11.2 Å². The maximum Gasteiger partial charge on any atom is 0.490 e. The number of hydrogen-bond acceptors (Lipinski definition) is 12. The third-order valence-electron chi connectivity index (χ3n) is 5.48. The molecule has 0 radical (unpaired) electrons. The first-order chi connectivity index (χ1) is 15.0. The van der Waals surface area contributed by atoms with E-state index in [4.69, 9.17) is 20.3 Å². The summed E-state index contributed by atoms with van der Waals surface area (Å²) in [4.78, 5) is 47.7. The van der Waals surface area contributed by atoms with Gasteiger partial charge in [0.2, 0.25) is 0 Å². The molecule has 0 bridgehead atoms. The van der Waals surface area contributed by atoms with Crippen molar-refractivity contribution in [3.8, 4) is 0 Å². The molecule has 33 heavy (non-hydrogen) atoms. The van der Waals surface area contributed by atoms with Crippen molar-refractivity contribution in [1.29, 1.82) is 0 Å². The van der Waals surface area contributed by atoms with E-state index in [1.807, 2.05) is 0 Å². The Labute approximate surface area is 182 Å². The zero-order chi connectivity index (χ0) is 24.6. The lowest BCUT2D eigenvalue weighted by Gasteiger charge is -2.23. The standard InChI is InChI=1S/C12H17FN5O12P3/c1-5-11(2-27-32(23,24)30-33(25,26)29-31(20,21)22)12(5,19)7(13)10(28-11)18-4-17-6-8(14)15-3-16-9(6)18/h3-5,7,10,19H,2H2,1H3,(H,23,24)(H,25,26)(H2,14,15,16)(H2,20,21,22). The topological polar surface area (TPSA) is 259 Å². The highest BCUT2D eigenvalue weighted by atomic mass is 31.3. The van der Waals surface area contributed by atoms with Crippen LogP contribution < -0.4 is 5.73 Å². The van der Waals surface area contributed by atoms with E-state index < -0.39 is 59.6 Å². The molecule has 7 N–H and O–H groups in total. The zero-order valence-corrected chi connectivity index (χ0v) is 19.0. The number of nitrogen functional groups attached to an aromatic ring is 1. The highest BCUT2D eigenvalue weighted by Gasteiger charge is 2.86. The van der Waals surface area contributed by atoms with Gasteiger partial charge in [0.05, 0.1) is 12.9 Å². The van der Waals surface area contributed by atoms with Crippen LogP contribution in [-0.4, -0.2) is 68.2 Å². The fraction of sp³-hybridized carbons (Fsp3) is 0.583. The molecule has 2 aliphatic rings. The minimum absolute atomic E-state index is 0.00627. The van der Waals surface area contributed by atoms with Gasteiger partial charge in [0, 0.05) is 5.92 Å². The normalized spacial score (nSPS) is 35.2. The number of hydrogen-bond donors (Lipinski definition) is 6. The van der Waals surface area contributed by atoms with E-state index in [1.54, 1.807) is 0 Å². The number of anilines is 1. The van der Waals surface area contributed by atoms with Crippen LogP contribution in [0.1, 0.15) is 13.2 Å². The van der Waals surface area contributed by atoms with Gasteiger partial charge in [0.15, 0.2) is 23.9 Å². The Morgan fingerprint density at radius 2 is 1.85 bits per heavy atom. The summed E-state index contributed by atoms with van der Waals surface area (Å²) in [7, 11) is -16.8. The summed E-state index contributed by atoms with van der Waals surface area (Å²) in [6, 6.07) is 0. The lowest BCUT2D eigenvalue weighted by molar-refractivity contribution is -0.0852. The molecular formula is C12H17FN5O12P3. The Balaban J connectivity index is 1.54. The molecule has 3 heterocycles. The van der Waals surface area contributed by atoms with Crippen molar-refractivity contribution in [2.24, 2.45) is 5.92 Å². The summed E-state index contributed by atoms with van der Waals surface area (Å²) < 4.78 is 68.0. The van der Waals surface area contributed by atoms with Gasteiger partial charge in [-0.15, -0.1) is 0 Å². The molecule has 0 aromatic carbocycles. The molecule has 17 nitrogen and oxygen atoms in total. The van der Waals surface area contributed by atoms with Gasteiger partial charge in [0.1, 0.15) is 23.0 Å². The monoisotopic (exact) mass is 535 g/mol. The van der Waals surface area contributed by atoms with Crippen molar-refractivity contribution >= 4 is 40.4 Å². The van der Waals surface area contributed by atoms with Crippen molar-refractivity contribution in [1.82, 2.24) is 19.5 Å². The SMILES string of the molecule is CC1C2(COP(=O)(O)OP(=O)(O)OP(=O)(O)O)OC(n3cnc4c(N)ncnc43)C(F)C12O. The van der Waals surface area contributed by atoms with Gasteiger partial charge < -0.3 is 35.2 Å². The number of nitrogens with zero attached hydrogens (tertiary/aromatic N) is 4. The predicted molar refractivity (Wildman–Crippen MR) is 101 cm³/mol. The molecule has 0 amide bonds. The van der Waals surface area contributed by atoms with Gasteiger partial charge in [-0.05, 0) is 0 Å². The summed E-state index contributed by atoms with van der Waals surface area (Å²) in [5, 5.41) is 10.8. The third kappa shape index (κ3) is 4.05. The van der Waals surface area contributed by atoms with Crippen LogP contribution in [-0.2, 0) is 31.6 Å². The van der Waals surface area contributed by atoms with E-state index in [2.05, 4.69) is 28.1 Å². The van der Waals surface area contributed by atoms with Crippen molar-refractivity contribution in [3.63, 3.8) is 0 Å². The van der Waals surface area contributed by atoms with Gasteiger partial charge in [-0.25, -0.2) is 33.0 Å². The number of phosphoric ester groups is 1. The Hall–Kier alpha value is -1.39. The van der Waals surface area contributed by atoms with E-state index in [0.717, 1.165) is 17.2 Å². The van der Waals surface area contributed by atoms with Gasteiger partial charge in [-0.2, -0.15) is 8.62 Å². The molecule has 1 aliphatic heterocycles. The average Bonchev–Trinajstić information content (AvgIpc) is 2.97. The number of nitrogens with two attached hydrogens (primary N) is 1. The van der Waals surface area contributed by atoms with Crippen LogP contribution in [0, 0.1) is 5.92 Å². The van der Waals surface area contributed by atoms with Crippen molar-refractivity contribution < 1.29 is 60.6 Å². The Bertz CT molecular complexity index is 1260. The molecule has 1 saturated heterocycles. The number of halogens is 1. The highest BCUT2D eigenvalue weighted by Crippen LogP contribution is 2.71. The Kier molecular flexibility index (Phi) is 5.66. The van der Waals surface area contributed by atoms with E-state index >= 15 is 4.39 Å². The van der Waals surface area contributed by atoms with Crippen LogP contribution in [0.4, 0.5) is 10.2 Å². The number of aliphatic hydroxyl groups is 1. The first-order valence-electron chi connectivity index (χ1n) is 8.79. The van der Waals surface area contributed by atoms with E-state index in [9.17, 15) is 28.6 Å². The second-order valence-corrected chi connectivity index (χ2v) is 11.7. The fourth-order valence-electron chi connectivity index (χ4n) is 3.88. The molecule has 2 aromatic rings. The molecule has 7 unspecified atom stereocenters. The molecule has 21 heteroatoms. The molecule has 4 rings (SSSR count). The van der Waals surface area contributed by atoms with Gasteiger partial charge >= 0.3 is 23.5 Å². The Morgan fingerprint density at radius 3 is 2.48 bits per heavy atom. The number of alkyl halides is 1. The molecular weight excluding hydrogens is 518 g/mol. The first-order valence-corrected chi connectivity index (χ1v) is 13.3. The largest absolute Gasteiger partial charge is 0.490 e. The van der Waals surface area contributed by atoms with Gasteiger partial charge in [0.25, 0.3) is 0 Å². The molecule has 0 spiro atoms. The van der Waals surface area contributed by atoms with Crippen LogP contribution in [0.15, 0.2) is 12.7 Å². The second kappa shape index (κ2) is 7.55. The number of ether oxygens (including phenoxy) is 1. The second-order valence-electron chi connectivity index (χ2n) is 7.29. The number of rotatable bonds is 8. The lowest BCUT2D eigenvalue weighted by atomic mass is 10.1. The predicted octanol–water partition coefficient (Wildman–Crippen LogP) is -0.262. The molecule has 7 atom stereocenters. The molecule has 184 valence electrons. The summed E-state index contributed by atoms with van der Waals surface area (Å²) >= 11 is 0. The molecule has 1 aliphatic carbocycles. The fourth-order valence-corrected chi connectivity index (χ4v) is 6.93. The average molecular weight is 535 g/mol. The molecule has 2 aromatic heterocycles. The molecule has 1 saturated carbocycles. The highest BCUT2D eigenvalue weighted by molar-refractivity contribution is 7.66. The maximum atomic E-state index is 15.3. The minimum Gasteiger partial charge on any atom is -0.383 e. The van der Waals surface area contributed by atoms with E-state index in [1.165, 1.54) is 6.92 Å². The number of phosphoric acid groups is 3. The zero-order valence-electron chi connectivity index (χ0n) is 16.3. The van der Waals surface area contributed by atoms with Crippen molar-refractivity contribution in [2.45, 2.75) is 30.5 Å². The summed E-state index contributed by atoms with van der Waals surface area (Å²) in [6.45, 7) is 0.338. The summed E-state index contributed by atoms with van der Waals surface area (Å²) in [5.74, 6) is -0.968. The van der Waals surface area contributed by atoms with Gasteiger partial charge in [-0.3, -0.25) is 9.09 Å². The lowest BCUT2D eigenvalue weighted by Crippen LogP contribution is -2.32. The first kappa shape index (κ1) is 24.7. The minimum atomic E-state index is -5.75. The van der Waals surface area contributed by atoms with Crippen molar-refractivity contribution in [2.75, 3.05) is 12.3 Å². The van der Waals surface area contributed by atoms with Crippen LogP contribution in [0.5, 0.6) is 0 Å². The van der Waals surface area contributed by atoms with Crippen LogP contribution in [0.3, 0.4) is 0 Å². The molecule has 2 fully saturated rings. The summed E-state index contributed by atoms with van der Waals surface area (Å²) in [6.07, 6.45) is -1.39. The van der Waals surface area contributed by atoms with Crippen molar-refractivity contribution in [3.05, 3.63) is 12.7 Å². The van der Waals surface area contributed by atoms with E-state index in [0.29, 0.717) is 0 Å². The van der Waals surface area contributed by atoms with Gasteiger partial charge in [-0.1, -0.05) is 6.92 Å².